The maximum Gasteiger partial charge on any atom is 0.241 e. The Bertz CT molecular complexity index is 880. The van der Waals surface area contributed by atoms with Gasteiger partial charge in [-0.3, -0.25) is 9.59 Å². The molecule has 0 radical (unpaired) electrons. The molecule has 6 heteroatoms. The second kappa shape index (κ2) is 7.95. The lowest BCUT2D eigenvalue weighted by atomic mass is 10.0. The van der Waals surface area contributed by atoms with Gasteiger partial charge in [0.1, 0.15) is 11.1 Å². The van der Waals surface area contributed by atoms with Gasteiger partial charge in [-0.2, -0.15) is 0 Å². The first-order valence-electron chi connectivity index (χ1n) is 9.65. The van der Waals surface area contributed by atoms with Gasteiger partial charge in [-0.05, 0) is 42.7 Å². The highest BCUT2D eigenvalue weighted by Crippen LogP contribution is 2.42. The van der Waals surface area contributed by atoms with E-state index in [0.717, 1.165) is 42.1 Å². The Balaban J connectivity index is 1.62. The predicted molar refractivity (Wildman–Crippen MR) is 109 cm³/mol. The van der Waals surface area contributed by atoms with Gasteiger partial charge in [-0.25, -0.2) is 4.39 Å². The number of likely N-dealkylation sites (tertiary alicyclic amines) is 1. The van der Waals surface area contributed by atoms with Crippen molar-refractivity contribution in [3.8, 4) is 0 Å². The fraction of sp³-hybridized carbons (Fsp3) is 0.364. The maximum absolute atomic E-state index is 13.4. The lowest BCUT2D eigenvalue weighted by Gasteiger charge is -2.36. The molecule has 2 aliphatic rings. The molecule has 2 atom stereocenters. The van der Waals surface area contributed by atoms with E-state index in [1.165, 1.54) is 23.9 Å². The minimum atomic E-state index is -0.455. The van der Waals surface area contributed by atoms with Crippen molar-refractivity contribution in [1.29, 1.82) is 0 Å². The van der Waals surface area contributed by atoms with Crippen LogP contribution in [0.5, 0.6) is 0 Å². The first-order chi connectivity index (χ1) is 13.5. The Labute approximate surface area is 168 Å². The van der Waals surface area contributed by atoms with Crippen LogP contribution >= 0.6 is 11.8 Å². The molecular formula is C22H23FN2O2S. The third-order valence-corrected chi connectivity index (χ3v) is 6.90. The SMILES string of the molecule is CC(C(=O)N1CCCC1)C1Sc2ccccc2N(Cc2ccc(F)cc2)C1=O. The molecule has 0 N–H and O–H groups in total. The quantitative estimate of drug-likeness (QED) is 0.779. The summed E-state index contributed by atoms with van der Waals surface area (Å²) in [5.74, 6) is -0.690. The summed E-state index contributed by atoms with van der Waals surface area (Å²) in [6.45, 7) is 3.79. The number of hydrogen-bond acceptors (Lipinski definition) is 3. The highest BCUT2D eigenvalue weighted by molar-refractivity contribution is 8.01. The number of nitrogens with zero attached hydrogens (tertiary/aromatic N) is 2. The van der Waals surface area contributed by atoms with E-state index in [1.54, 1.807) is 17.0 Å². The van der Waals surface area contributed by atoms with E-state index in [1.807, 2.05) is 36.1 Å². The number of thioether (sulfide) groups is 1. The van der Waals surface area contributed by atoms with Crippen LogP contribution in [0.3, 0.4) is 0 Å². The Hall–Kier alpha value is -2.34. The molecule has 0 aliphatic carbocycles. The number of carbonyl (C=O) groups excluding carboxylic acids is 2. The third-order valence-electron chi connectivity index (χ3n) is 5.43. The summed E-state index contributed by atoms with van der Waals surface area (Å²) in [4.78, 5) is 30.9. The molecular weight excluding hydrogens is 375 g/mol. The van der Waals surface area contributed by atoms with E-state index in [9.17, 15) is 14.0 Å². The minimum Gasteiger partial charge on any atom is -0.342 e. The lowest BCUT2D eigenvalue weighted by Crippen LogP contribution is -2.47. The van der Waals surface area contributed by atoms with E-state index in [-0.39, 0.29) is 23.5 Å². The molecule has 0 saturated carbocycles. The van der Waals surface area contributed by atoms with E-state index >= 15 is 0 Å². The molecule has 2 aromatic rings. The fourth-order valence-corrected chi connectivity index (χ4v) is 5.12. The zero-order valence-electron chi connectivity index (χ0n) is 15.8. The Kier molecular flexibility index (Phi) is 5.40. The first-order valence-corrected chi connectivity index (χ1v) is 10.5. The summed E-state index contributed by atoms with van der Waals surface area (Å²) in [7, 11) is 0. The lowest BCUT2D eigenvalue weighted by molar-refractivity contribution is -0.136. The van der Waals surface area contributed by atoms with Crippen LogP contribution in [0, 0.1) is 11.7 Å². The van der Waals surface area contributed by atoms with Crippen molar-refractivity contribution in [1.82, 2.24) is 4.90 Å². The zero-order valence-corrected chi connectivity index (χ0v) is 16.6. The van der Waals surface area contributed by atoms with E-state index < -0.39 is 5.25 Å². The van der Waals surface area contributed by atoms with E-state index in [0.29, 0.717) is 6.54 Å². The number of carbonyl (C=O) groups is 2. The average Bonchev–Trinajstić information content (AvgIpc) is 3.25. The number of amides is 2. The zero-order chi connectivity index (χ0) is 19.7. The molecule has 4 nitrogen and oxygen atoms in total. The molecule has 28 heavy (non-hydrogen) atoms. The molecule has 146 valence electrons. The van der Waals surface area contributed by atoms with Gasteiger partial charge in [0.25, 0.3) is 0 Å². The first kappa shape index (κ1) is 19.0. The fourth-order valence-electron chi connectivity index (χ4n) is 3.85. The molecule has 2 aromatic carbocycles. The van der Waals surface area contributed by atoms with Crippen molar-refractivity contribution in [2.24, 2.45) is 5.92 Å². The second-order valence-corrected chi connectivity index (χ2v) is 8.56. The van der Waals surface area contributed by atoms with Gasteiger partial charge in [0.05, 0.1) is 18.2 Å². The molecule has 0 aromatic heterocycles. The van der Waals surface area contributed by atoms with Crippen LogP contribution in [0.4, 0.5) is 10.1 Å². The van der Waals surface area contributed by atoms with Gasteiger partial charge in [-0.15, -0.1) is 11.8 Å². The van der Waals surface area contributed by atoms with Crippen molar-refractivity contribution >= 4 is 29.3 Å². The van der Waals surface area contributed by atoms with Crippen LogP contribution in [-0.2, 0) is 16.1 Å². The second-order valence-electron chi connectivity index (χ2n) is 7.38. The predicted octanol–water partition coefficient (Wildman–Crippen LogP) is 4.09. The van der Waals surface area contributed by atoms with Crippen LogP contribution in [0.25, 0.3) is 0 Å². The number of para-hydroxylation sites is 1. The molecule has 4 rings (SSSR count). The van der Waals surface area contributed by atoms with Crippen molar-refractivity contribution in [2.75, 3.05) is 18.0 Å². The van der Waals surface area contributed by atoms with Gasteiger partial charge in [0.15, 0.2) is 0 Å². The summed E-state index contributed by atoms with van der Waals surface area (Å²) in [6, 6.07) is 14.0. The monoisotopic (exact) mass is 398 g/mol. The van der Waals surface area contributed by atoms with Crippen LogP contribution in [-0.4, -0.2) is 35.1 Å². The number of fused-ring (bicyclic) bond motifs is 1. The van der Waals surface area contributed by atoms with Crippen molar-refractivity contribution in [3.05, 3.63) is 59.9 Å². The number of benzene rings is 2. The largest absolute Gasteiger partial charge is 0.342 e. The molecule has 2 unspecified atom stereocenters. The summed E-state index contributed by atoms with van der Waals surface area (Å²) in [5.41, 5.74) is 1.70. The summed E-state index contributed by atoms with van der Waals surface area (Å²) >= 11 is 1.48. The standard InChI is InChI=1S/C22H23FN2O2S/c1-15(21(26)24-12-4-5-13-24)20-22(27)25(14-16-8-10-17(23)11-9-16)18-6-2-3-7-19(18)28-20/h2-3,6-11,15,20H,4-5,12-14H2,1H3. The molecule has 2 heterocycles. The Morgan fingerprint density at radius 2 is 1.82 bits per heavy atom. The van der Waals surface area contributed by atoms with Gasteiger partial charge >= 0.3 is 0 Å². The van der Waals surface area contributed by atoms with E-state index in [2.05, 4.69) is 0 Å². The average molecular weight is 399 g/mol. The van der Waals surface area contributed by atoms with Crippen LogP contribution in [0.2, 0.25) is 0 Å². The van der Waals surface area contributed by atoms with Crippen LogP contribution < -0.4 is 4.90 Å². The van der Waals surface area contributed by atoms with Gasteiger partial charge in [0.2, 0.25) is 11.8 Å². The Morgan fingerprint density at radius 1 is 1.14 bits per heavy atom. The summed E-state index contributed by atoms with van der Waals surface area (Å²) in [6.07, 6.45) is 2.06. The van der Waals surface area contributed by atoms with Crippen LogP contribution in [0.1, 0.15) is 25.3 Å². The molecule has 1 fully saturated rings. The van der Waals surface area contributed by atoms with Gasteiger partial charge in [-0.1, -0.05) is 31.2 Å². The van der Waals surface area contributed by atoms with Crippen LogP contribution in [0.15, 0.2) is 53.4 Å². The minimum absolute atomic E-state index is 0.0597. The molecule has 0 spiro atoms. The number of rotatable bonds is 4. The smallest absolute Gasteiger partial charge is 0.241 e. The van der Waals surface area contributed by atoms with Gasteiger partial charge in [0, 0.05) is 18.0 Å². The van der Waals surface area contributed by atoms with Gasteiger partial charge < -0.3 is 9.80 Å². The molecule has 2 aliphatic heterocycles. The normalized spacial score (nSPS) is 20.2. The third kappa shape index (κ3) is 3.65. The molecule has 0 bridgehead atoms. The Morgan fingerprint density at radius 3 is 2.54 bits per heavy atom. The van der Waals surface area contributed by atoms with Crippen molar-refractivity contribution in [2.45, 2.75) is 36.5 Å². The maximum atomic E-state index is 13.4. The molecule has 2 amide bonds. The number of hydrogen-bond donors (Lipinski definition) is 0. The topological polar surface area (TPSA) is 40.6 Å². The summed E-state index contributed by atoms with van der Waals surface area (Å²) in [5, 5.41) is -0.455. The van der Waals surface area contributed by atoms with Crippen molar-refractivity contribution < 1.29 is 14.0 Å². The highest BCUT2D eigenvalue weighted by Gasteiger charge is 2.40. The highest BCUT2D eigenvalue weighted by atomic mass is 32.2. The molecule has 1 saturated heterocycles. The summed E-state index contributed by atoms with van der Waals surface area (Å²) < 4.78 is 13.3. The van der Waals surface area contributed by atoms with E-state index in [4.69, 9.17) is 0 Å². The number of halogens is 1. The number of anilines is 1. The van der Waals surface area contributed by atoms with Crippen molar-refractivity contribution in [3.63, 3.8) is 0 Å².